The fourth-order valence-electron chi connectivity index (χ4n) is 2.87. The minimum absolute atomic E-state index is 0.111. The third-order valence-electron chi connectivity index (χ3n) is 4.49. The summed E-state index contributed by atoms with van der Waals surface area (Å²) in [5.74, 6) is -0.807. The van der Waals surface area contributed by atoms with Crippen molar-refractivity contribution in [1.29, 1.82) is 0 Å². The number of rotatable bonds is 7. The molecule has 3 aromatic rings. The van der Waals surface area contributed by atoms with Crippen molar-refractivity contribution < 1.29 is 22.7 Å². The molecule has 0 radical (unpaired) electrons. The van der Waals surface area contributed by atoms with Gasteiger partial charge in [-0.3, -0.25) is 14.2 Å². The van der Waals surface area contributed by atoms with Gasteiger partial charge in [-0.05, 0) is 29.8 Å². The molecule has 3 rings (SSSR count). The number of para-hydroxylation sites is 1. The van der Waals surface area contributed by atoms with Crippen LogP contribution in [0.5, 0.6) is 0 Å². The zero-order valence-electron chi connectivity index (χ0n) is 16.9. The van der Waals surface area contributed by atoms with Crippen LogP contribution >= 0.6 is 0 Å². The number of hydrogen-bond acceptors (Lipinski definition) is 5. The van der Waals surface area contributed by atoms with Crippen LogP contribution in [0.25, 0.3) is 5.69 Å². The molecule has 0 spiro atoms. The minimum atomic E-state index is -4.51. The van der Waals surface area contributed by atoms with Crippen molar-refractivity contribution in [2.45, 2.75) is 12.7 Å². The SMILES string of the molecule is COCCNC(=O)c1nn(-c2ccccc2)c(=O)n(Cc2ccc(C(F)(F)F)cc2)c1=O. The second-order valence-corrected chi connectivity index (χ2v) is 6.71. The van der Waals surface area contributed by atoms with E-state index in [1.165, 1.54) is 19.2 Å². The average Bonchev–Trinajstić information content (AvgIpc) is 2.77. The first-order valence-electron chi connectivity index (χ1n) is 9.45. The molecule has 0 saturated carbocycles. The van der Waals surface area contributed by atoms with Crippen molar-refractivity contribution >= 4 is 5.91 Å². The van der Waals surface area contributed by atoms with Gasteiger partial charge in [-0.15, -0.1) is 0 Å². The van der Waals surface area contributed by atoms with Gasteiger partial charge < -0.3 is 10.1 Å². The molecule has 0 aliphatic rings. The standard InChI is InChI=1S/C21H19F3N4O4/c1-32-12-11-25-18(29)17-19(30)27(13-14-7-9-15(10-8-14)21(22,23)24)20(31)28(26-17)16-5-3-2-4-6-16/h2-10H,11-13H2,1H3,(H,25,29). The highest BCUT2D eigenvalue weighted by atomic mass is 19.4. The molecule has 11 heteroatoms. The van der Waals surface area contributed by atoms with E-state index in [1.807, 2.05) is 0 Å². The number of halogens is 3. The number of hydrogen-bond donors (Lipinski definition) is 1. The van der Waals surface area contributed by atoms with Gasteiger partial charge in [0.05, 0.1) is 24.4 Å². The van der Waals surface area contributed by atoms with Gasteiger partial charge in [-0.2, -0.15) is 23.0 Å². The third kappa shape index (κ3) is 5.11. The van der Waals surface area contributed by atoms with Crippen LogP contribution < -0.4 is 16.6 Å². The summed E-state index contributed by atoms with van der Waals surface area (Å²) in [6, 6.07) is 12.2. The average molecular weight is 448 g/mol. The van der Waals surface area contributed by atoms with Crippen LogP contribution in [-0.2, 0) is 17.5 Å². The number of alkyl halides is 3. The maximum Gasteiger partial charge on any atom is 0.416 e. The summed E-state index contributed by atoms with van der Waals surface area (Å²) in [4.78, 5) is 38.4. The lowest BCUT2D eigenvalue weighted by Gasteiger charge is -2.13. The summed E-state index contributed by atoms with van der Waals surface area (Å²) in [6.07, 6.45) is -4.51. The number of methoxy groups -OCH3 is 1. The van der Waals surface area contributed by atoms with Gasteiger partial charge in [-0.25, -0.2) is 4.79 Å². The molecule has 0 bridgehead atoms. The highest BCUT2D eigenvalue weighted by molar-refractivity contribution is 5.91. The molecule has 0 atom stereocenters. The number of ether oxygens (including phenoxy) is 1. The van der Waals surface area contributed by atoms with Crippen LogP contribution in [0, 0.1) is 0 Å². The lowest BCUT2D eigenvalue weighted by Crippen LogP contribution is -2.46. The summed E-state index contributed by atoms with van der Waals surface area (Å²) in [6.45, 7) is -0.0346. The van der Waals surface area contributed by atoms with Gasteiger partial charge in [0.25, 0.3) is 11.5 Å². The van der Waals surface area contributed by atoms with Gasteiger partial charge in [0.1, 0.15) is 0 Å². The fraction of sp³-hybridized carbons (Fsp3) is 0.238. The number of amides is 1. The smallest absolute Gasteiger partial charge is 0.383 e. The van der Waals surface area contributed by atoms with E-state index < -0.39 is 34.6 Å². The lowest BCUT2D eigenvalue weighted by atomic mass is 10.1. The molecule has 0 unspecified atom stereocenters. The van der Waals surface area contributed by atoms with Crippen molar-refractivity contribution in [3.8, 4) is 5.69 Å². The van der Waals surface area contributed by atoms with Gasteiger partial charge in [0.2, 0.25) is 5.69 Å². The van der Waals surface area contributed by atoms with Gasteiger partial charge in [0.15, 0.2) is 0 Å². The number of nitrogens with one attached hydrogen (secondary N) is 1. The zero-order chi connectivity index (χ0) is 23.3. The maximum atomic E-state index is 13.0. The lowest BCUT2D eigenvalue weighted by molar-refractivity contribution is -0.137. The summed E-state index contributed by atoms with van der Waals surface area (Å²) >= 11 is 0. The van der Waals surface area contributed by atoms with E-state index >= 15 is 0 Å². The Balaban J connectivity index is 2.07. The van der Waals surface area contributed by atoms with Crippen LogP contribution in [0.1, 0.15) is 21.6 Å². The molecule has 1 aromatic heterocycles. The predicted octanol–water partition coefficient (Wildman–Crippen LogP) is 1.84. The fourth-order valence-corrected chi connectivity index (χ4v) is 2.87. The minimum Gasteiger partial charge on any atom is -0.383 e. The molecular weight excluding hydrogens is 429 g/mol. The Morgan fingerprint density at radius 3 is 2.31 bits per heavy atom. The quantitative estimate of drug-likeness (QED) is 0.557. The molecule has 8 nitrogen and oxygen atoms in total. The van der Waals surface area contributed by atoms with Crippen molar-refractivity contribution in [2.24, 2.45) is 0 Å². The molecule has 32 heavy (non-hydrogen) atoms. The molecular formula is C21H19F3N4O4. The summed E-state index contributed by atoms with van der Waals surface area (Å²) in [7, 11) is 1.44. The molecule has 0 aliphatic heterocycles. The highest BCUT2D eigenvalue weighted by Gasteiger charge is 2.30. The van der Waals surface area contributed by atoms with Crippen molar-refractivity contribution in [1.82, 2.24) is 19.7 Å². The Morgan fingerprint density at radius 1 is 1.06 bits per heavy atom. The van der Waals surface area contributed by atoms with Crippen LogP contribution in [0.4, 0.5) is 13.2 Å². The van der Waals surface area contributed by atoms with Crippen LogP contribution in [0.2, 0.25) is 0 Å². The third-order valence-corrected chi connectivity index (χ3v) is 4.49. The monoisotopic (exact) mass is 448 g/mol. The first-order chi connectivity index (χ1) is 15.2. The Hall–Kier alpha value is -3.73. The number of aromatic nitrogens is 3. The Morgan fingerprint density at radius 2 is 1.72 bits per heavy atom. The largest absolute Gasteiger partial charge is 0.416 e. The van der Waals surface area contributed by atoms with Crippen LogP contribution in [-0.4, -0.2) is 40.5 Å². The summed E-state index contributed by atoms with van der Waals surface area (Å²) in [5.41, 5.74) is -2.61. The van der Waals surface area contributed by atoms with E-state index in [1.54, 1.807) is 30.3 Å². The molecule has 2 aromatic carbocycles. The first kappa shape index (κ1) is 22.9. The van der Waals surface area contributed by atoms with E-state index in [9.17, 15) is 27.6 Å². The van der Waals surface area contributed by atoms with Crippen molar-refractivity contribution in [3.05, 3.63) is 92.3 Å². The summed E-state index contributed by atoms with van der Waals surface area (Å²) in [5, 5.41) is 6.41. The molecule has 0 aliphatic carbocycles. The highest BCUT2D eigenvalue weighted by Crippen LogP contribution is 2.29. The Labute approximate surface area is 179 Å². The van der Waals surface area contributed by atoms with Crippen LogP contribution in [0.3, 0.4) is 0 Å². The molecule has 0 saturated heterocycles. The van der Waals surface area contributed by atoms with Gasteiger partial charge >= 0.3 is 11.9 Å². The van der Waals surface area contributed by atoms with Crippen molar-refractivity contribution in [3.63, 3.8) is 0 Å². The topological polar surface area (TPSA) is 95.2 Å². The first-order valence-corrected chi connectivity index (χ1v) is 9.45. The zero-order valence-corrected chi connectivity index (χ0v) is 16.9. The number of carbonyl (C=O) groups is 1. The number of carbonyl (C=O) groups excluding carboxylic acids is 1. The molecule has 1 amide bonds. The Kier molecular flexibility index (Phi) is 6.89. The number of nitrogens with zero attached hydrogens (tertiary/aromatic N) is 3. The number of benzene rings is 2. The van der Waals surface area contributed by atoms with E-state index in [0.717, 1.165) is 21.4 Å². The molecule has 0 fully saturated rings. The van der Waals surface area contributed by atoms with Crippen molar-refractivity contribution in [2.75, 3.05) is 20.3 Å². The van der Waals surface area contributed by atoms with E-state index in [2.05, 4.69) is 10.4 Å². The van der Waals surface area contributed by atoms with E-state index in [4.69, 9.17) is 4.74 Å². The predicted molar refractivity (Wildman–Crippen MR) is 109 cm³/mol. The van der Waals surface area contributed by atoms with E-state index in [-0.39, 0.29) is 25.3 Å². The van der Waals surface area contributed by atoms with E-state index in [0.29, 0.717) is 5.69 Å². The molecule has 168 valence electrons. The second kappa shape index (κ2) is 9.60. The summed E-state index contributed by atoms with van der Waals surface area (Å²) < 4.78 is 45.0. The molecule has 1 heterocycles. The second-order valence-electron chi connectivity index (χ2n) is 6.71. The van der Waals surface area contributed by atoms with Gasteiger partial charge in [0, 0.05) is 13.7 Å². The Bertz CT molecular complexity index is 1200. The van der Waals surface area contributed by atoms with Crippen LogP contribution in [0.15, 0.2) is 64.2 Å². The maximum absolute atomic E-state index is 13.0. The van der Waals surface area contributed by atoms with Gasteiger partial charge in [-0.1, -0.05) is 30.3 Å². The molecule has 1 N–H and O–H groups in total. The normalized spacial score (nSPS) is 11.4.